The van der Waals surface area contributed by atoms with Crippen LogP contribution in [-0.2, 0) is 4.79 Å². The molecule has 0 unspecified atom stereocenters. The lowest BCUT2D eigenvalue weighted by Crippen LogP contribution is -2.30. The van der Waals surface area contributed by atoms with Gasteiger partial charge in [0.1, 0.15) is 0 Å². The van der Waals surface area contributed by atoms with Crippen LogP contribution in [0.3, 0.4) is 0 Å². The lowest BCUT2D eigenvalue weighted by atomic mass is 9.69. The first kappa shape index (κ1) is 18.3. The average molecular weight is 350 g/mol. The number of benzene rings is 1. The van der Waals surface area contributed by atoms with Crippen molar-refractivity contribution in [2.45, 2.75) is 64.7 Å². The number of carbonyl (C=O) groups is 1. The molecule has 2 nitrogen and oxygen atoms in total. The van der Waals surface area contributed by atoms with Crippen molar-refractivity contribution in [3.63, 3.8) is 0 Å². The normalized spacial score (nSPS) is 30.0. The van der Waals surface area contributed by atoms with Gasteiger partial charge in [-0.05, 0) is 68.4 Å². The number of carbonyl (C=O) groups excluding carboxylic acids is 1. The highest BCUT2D eigenvalue weighted by Crippen LogP contribution is 2.42. The van der Waals surface area contributed by atoms with Crippen LogP contribution in [0.2, 0.25) is 0 Å². The molecule has 0 radical (unpaired) electrons. The number of esters is 1. The number of hydrogen-bond acceptors (Lipinski definition) is 2. The summed E-state index contributed by atoms with van der Waals surface area (Å²) in [5, 5.41) is 0. The van der Waals surface area contributed by atoms with E-state index in [9.17, 15) is 13.6 Å². The van der Waals surface area contributed by atoms with E-state index in [1.54, 1.807) is 0 Å². The maximum atomic E-state index is 13.6. The van der Waals surface area contributed by atoms with Crippen molar-refractivity contribution >= 4 is 5.97 Å². The third kappa shape index (κ3) is 4.39. The first-order valence-corrected chi connectivity index (χ1v) is 9.74. The Labute approximate surface area is 149 Å². The minimum atomic E-state index is -0.824. The quantitative estimate of drug-likeness (QED) is 0.500. The van der Waals surface area contributed by atoms with Crippen molar-refractivity contribution in [2.75, 3.05) is 0 Å². The van der Waals surface area contributed by atoms with Crippen molar-refractivity contribution in [1.29, 1.82) is 0 Å². The minimum absolute atomic E-state index is 0.234. The van der Waals surface area contributed by atoms with E-state index in [0.29, 0.717) is 5.92 Å². The van der Waals surface area contributed by atoms with Crippen molar-refractivity contribution < 1.29 is 18.3 Å². The number of ether oxygens (including phenoxy) is 1. The molecule has 1 aromatic rings. The van der Waals surface area contributed by atoms with E-state index in [2.05, 4.69) is 6.92 Å². The van der Waals surface area contributed by atoms with E-state index in [4.69, 9.17) is 4.74 Å². The predicted molar refractivity (Wildman–Crippen MR) is 93.2 cm³/mol. The fourth-order valence-corrected chi connectivity index (χ4v) is 4.66. The third-order valence-corrected chi connectivity index (χ3v) is 6.36. The Bertz CT molecular complexity index is 565. The molecule has 0 aliphatic heterocycles. The third-order valence-electron chi connectivity index (χ3n) is 6.36. The van der Waals surface area contributed by atoms with Gasteiger partial charge < -0.3 is 4.74 Å². The van der Waals surface area contributed by atoms with Gasteiger partial charge in [0.2, 0.25) is 5.75 Å². The molecule has 2 aliphatic rings. The lowest BCUT2D eigenvalue weighted by Gasteiger charge is -2.37. The van der Waals surface area contributed by atoms with Crippen LogP contribution >= 0.6 is 0 Å². The molecule has 0 N–H and O–H groups in total. The molecule has 2 aliphatic carbocycles. The molecule has 0 bridgehead atoms. The highest BCUT2D eigenvalue weighted by atomic mass is 19.1. The minimum Gasteiger partial charge on any atom is -0.420 e. The summed E-state index contributed by atoms with van der Waals surface area (Å²) < 4.78 is 32.3. The molecule has 2 saturated carbocycles. The Morgan fingerprint density at radius 3 is 2.00 bits per heavy atom. The number of hydrogen-bond donors (Lipinski definition) is 0. The maximum Gasteiger partial charge on any atom is 0.314 e. The largest absolute Gasteiger partial charge is 0.420 e. The van der Waals surface area contributed by atoms with E-state index in [1.165, 1.54) is 38.2 Å². The van der Waals surface area contributed by atoms with Crippen molar-refractivity contribution in [3.8, 4) is 5.75 Å². The SMILES string of the molecule is CCC1CCC(C2CCC(C(=O)Oc3c(F)cccc3F)CC2)CC1. The zero-order valence-electron chi connectivity index (χ0n) is 15.0. The van der Waals surface area contributed by atoms with E-state index in [-0.39, 0.29) is 5.92 Å². The van der Waals surface area contributed by atoms with Gasteiger partial charge in [0.25, 0.3) is 0 Å². The first-order chi connectivity index (χ1) is 12.1. The van der Waals surface area contributed by atoms with Crippen molar-refractivity contribution in [1.82, 2.24) is 0 Å². The molecule has 0 atom stereocenters. The Morgan fingerprint density at radius 2 is 1.48 bits per heavy atom. The smallest absolute Gasteiger partial charge is 0.314 e. The van der Waals surface area contributed by atoms with Crippen LogP contribution in [0.25, 0.3) is 0 Å². The summed E-state index contributed by atoms with van der Waals surface area (Å²) in [6.07, 6.45) is 10.2. The fraction of sp³-hybridized carbons (Fsp3) is 0.667. The second kappa shape index (κ2) is 8.29. The van der Waals surface area contributed by atoms with Crippen molar-refractivity contribution in [2.24, 2.45) is 23.7 Å². The second-order valence-corrected chi connectivity index (χ2v) is 7.77. The summed E-state index contributed by atoms with van der Waals surface area (Å²) in [5.41, 5.74) is 0. The molecule has 0 saturated heterocycles. The van der Waals surface area contributed by atoms with Crippen LogP contribution in [0.4, 0.5) is 8.78 Å². The Hall–Kier alpha value is -1.45. The summed E-state index contributed by atoms with van der Waals surface area (Å²) in [6, 6.07) is 3.48. The van der Waals surface area contributed by atoms with Gasteiger partial charge in [0, 0.05) is 0 Å². The van der Waals surface area contributed by atoms with Gasteiger partial charge in [-0.1, -0.05) is 32.3 Å². The molecule has 138 valence electrons. The van der Waals surface area contributed by atoms with E-state index < -0.39 is 23.4 Å². The molecule has 0 aromatic heterocycles. The summed E-state index contributed by atoms with van der Waals surface area (Å²) in [5.74, 6) is -0.537. The fourth-order valence-electron chi connectivity index (χ4n) is 4.66. The molecule has 0 heterocycles. The molecule has 25 heavy (non-hydrogen) atoms. The van der Waals surface area contributed by atoms with Gasteiger partial charge in [0.15, 0.2) is 11.6 Å². The molecule has 3 rings (SSSR count). The highest BCUT2D eigenvalue weighted by molar-refractivity contribution is 5.75. The Morgan fingerprint density at radius 1 is 0.960 bits per heavy atom. The van der Waals surface area contributed by atoms with Crippen LogP contribution < -0.4 is 4.74 Å². The lowest BCUT2D eigenvalue weighted by molar-refractivity contribution is -0.140. The standard InChI is InChI=1S/C21H28F2O2/c1-2-14-6-8-15(9-7-14)16-10-12-17(13-11-16)21(24)25-20-18(22)4-3-5-19(20)23/h3-5,14-17H,2,6-13H2,1H3. The van der Waals surface area contributed by atoms with Gasteiger partial charge in [-0.3, -0.25) is 4.79 Å². The topological polar surface area (TPSA) is 26.3 Å². The van der Waals surface area contributed by atoms with E-state index >= 15 is 0 Å². The van der Waals surface area contributed by atoms with Gasteiger partial charge in [0.05, 0.1) is 5.92 Å². The average Bonchev–Trinajstić information content (AvgIpc) is 2.65. The number of para-hydroxylation sites is 1. The molecule has 0 spiro atoms. The molecule has 2 fully saturated rings. The van der Waals surface area contributed by atoms with Crippen LogP contribution in [-0.4, -0.2) is 5.97 Å². The summed E-state index contributed by atoms with van der Waals surface area (Å²) in [6.45, 7) is 2.28. The summed E-state index contributed by atoms with van der Waals surface area (Å²) >= 11 is 0. The highest BCUT2D eigenvalue weighted by Gasteiger charge is 2.33. The molecular weight excluding hydrogens is 322 g/mol. The van der Waals surface area contributed by atoms with E-state index in [1.807, 2.05) is 0 Å². The number of rotatable bonds is 4. The van der Waals surface area contributed by atoms with Crippen LogP contribution in [0.5, 0.6) is 5.75 Å². The first-order valence-electron chi connectivity index (χ1n) is 9.74. The Kier molecular flexibility index (Phi) is 6.08. The van der Waals surface area contributed by atoms with Gasteiger partial charge in [-0.25, -0.2) is 8.78 Å². The van der Waals surface area contributed by atoms with Crippen LogP contribution in [0, 0.1) is 35.3 Å². The van der Waals surface area contributed by atoms with E-state index in [0.717, 1.165) is 49.7 Å². The maximum absolute atomic E-state index is 13.6. The van der Waals surface area contributed by atoms with Crippen molar-refractivity contribution in [3.05, 3.63) is 29.8 Å². The van der Waals surface area contributed by atoms with Crippen LogP contribution in [0.1, 0.15) is 64.7 Å². The van der Waals surface area contributed by atoms with Gasteiger partial charge in [-0.15, -0.1) is 0 Å². The molecule has 0 amide bonds. The molecule has 4 heteroatoms. The monoisotopic (exact) mass is 350 g/mol. The van der Waals surface area contributed by atoms with Gasteiger partial charge in [-0.2, -0.15) is 0 Å². The predicted octanol–water partition coefficient (Wildman–Crippen LogP) is 5.89. The number of halogens is 2. The Balaban J connectivity index is 1.50. The molecular formula is C21H28F2O2. The second-order valence-electron chi connectivity index (χ2n) is 7.77. The zero-order chi connectivity index (χ0) is 17.8. The van der Waals surface area contributed by atoms with Crippen LogP contribution in [0.15, 0.2) is 18.2 Å². The van der Waals surface area contributed by atoms with Gasteiger partial charge >= 0.3 is 5.97 Å². The molecule has 1 aromatic carbocycles. The summed E-state index contributed by atoms with van der Waals surface area (Å²) in [4.78, 5) is 12.3. The zero-order valence-corrected chi connectivity index (χ0v) is 15.0. The summed E-state index contributed by atoms with van der Waals surface area (Å²) in [7, 11) is 0.